The van der Waals surface area contributed by atoms with Crippen molar-refractivity contribution in [1.29, 1.82) is 0 Å². The Bertz CT molecular complexity index is 267. The van der Waals surface area contributed by atoms with Crippen molar-refractivity contribution < 1.29 is 9.53 Å². The minimum atomic E-state index is -0.443. The van der Waals surface area contributed by atoms with Gasteiger partial charge < -0.3 is 10.1 Å². The van der Waals surface area contributed by atoms with E-state index in [0.29, 0.717) is 17.8 Å². The van der Waals surface area contributed by atoms with Gasteiger partial charge in [0.2, 0.25) is 0 Å². The van der Waals surface area contributed by atoms with Gasteiger partial charge in [0.05, 0.1) is 6.61 Å². The van der Waals surface area contributed by atoms with E-state index < -0.39 is 5.54 Å². The molecule has 0 saturated heterocycles. The molecule has 0 heterocycles. The zero-order chi connectivity index (χ0) is 13.6. The molecule has 1 saturated carbocycles. The molecule has 1 unspecified atom stereocenters. The van der Waals surface area contributed by atoms with E-state index >= 15 is 0 Å². The quantitative estimate of drug-likeness (QED) is 0.656. The van der Waals surface area contributed by atoms with E-state index in [1.165, 1.54) is 0 Å². The van der Waals surface area contributed by atoms with E-state index in [2.05, 4.69) is 26.1 Å². The highest BCUT2D eigenvalue weighted by atomic mass is 32.2. The van der Waals surface area contributed by atoms with Gasteiger partial charge in [0.15, 0.2) is 0 Å². The average molecular weight is 273 g/mol. The second-order valence-electron chi connectivity index (χ2n) is 5.25. The van der Waals surface area contributed by atoms with Crippen LogP contribution in [0.2, 0.25) is 0 Å². The van der Waals surface area contributed by atoms with Crippen LogP contribution in [0.1, 0.15) is 47.0 Å². The number of esters is 1. The molecule has 1 N–H and O–H groups in total. The Hall–Kier alpha value is -0.220. The number of carbonyl (C=O) groups is 1. The van der Waals surface area contributed by atoms with Crippen molar-refractivity contribution in [2.45, 2.75) is 57.7 Å². The molecule has 0 aromatic rings. The first-order valence-electron chi connectivity index (χ1n) is 7.10. The van der Waals surface area contributed by atoms with Gasteiger partial charge in [-0.2, -0.15) is 11.8 Å². The highest BCUT2D eigenvalue weighted by Crippen LogP contribution is 2.42. The van der Waals surface area contributed by atoms with E-state index in [9.17, 15) is 4.79 Å². The summed E-state index contributed by atoms with van der Waals surface area (Å²) < 4.78 is 5.32. The Morgan fingerprint density at radius 3 is 2.56 bits per heavy atom. The molecule has 0 aliphatic heterocycles. The third-order valence-corrected chi connectivity index (χ3v) is 4.54. The van der Waals surface area contributed by atoms with Gasteiger partial charge in [0, 0.05) is 5.75 Å². The zero-order valence-electron chi connectivity index (χ0n) is 12.1. The summed E-state index contributed by atoms with van der Waals surface area (Å²) in [7, 11) is 0. The van der Waals surface area contributed by atoms with E-state index in [4.69, 9.17) is 4.74 Å². The smallest absolute Gasteiger partial charge is 0.327 e. The molecule has 0 aromatic heterocycles. The predicted octanol–water partition coefficient (Wildman–Crippen LogP) is 2.84. The summed E-state index contributed by atoms with van der Waals surface area (Å²) in [5, 5.41) is 4.03. The third kappa shape index (κ3) is 4.16. The summed E-state index contributed by atoms with van der Waals surface area (Å²) in [4.78, 5) is 12.4. The second-order valence-corrected chi connectivity index (χ2v) is 6.82. The fraction of sp³-hybridized carbons (Fsp3) is 0.929. The van der Waals surface area contributed by atoms with Crippen LogP contribution in [0, 0.1) is 5.92 Å². The molecule has 1 atom stereocenters. The molecule has 0 spiro atoms. The predicted molar refractivity (Wildman–Crippen MR) is 78.0 cm³/mol. The van der Waals surface area contributed by atoms with Crippen LogP contribution in [0.25, 0.3) is 0 Å². The van der Waals surface area contributed by atoms with Crippen LogP contribution in [0.4, 0.5) is 0 Å². The molecule has 4 heteroatoms. The van der Waals surface area contributed by atoms with Gasteiger partial charge in [-0.25, -0.2) is 0 Å². The van der Waals surface area contributed by atoms with E-state index in [1.54, 1.807) is 0 Å². The van der Waals surface area contributed by atoms with Gasteiger partial charge in [0.1, 0.15) is 5.54 Å². The minimum Gasteiger partial charge on any atom is -0.465 e. The van der Waals surface area contributed by atoms with Gasteiger partial charge in [-0.05, 0) is 43.9 Å². The number of rotatable bonds is 9. The molecule has 1 aliphatic rings. The van der Waals surface area contributed by atoms with Crippen molar-refractivity contribution >= 4 is 17.7 Å². The highest BCUT2D eigenvalue weighted by Gasteiger charge is 2.51. The maximum Gasteiger partial charge on any atom is 0.327 e. The molecule has 0 aromatic carbocycles. The molecule has 1 aliphatic carbocycles. The number of nitrogens with one attached hydrogen (secondary N) is 1. The van der Waals surface area contributed by atoms with Crippen LogP contribution in [0.5, 0.6) is 0 Å². The third-order valence-electron chi connectivity index (χ3n) is 3.25. The van der Waals surface area contributed by atoms with E-state index in [-0.39, 0.29) is 5.97 Å². The van der Waals surface area contributed by atoms with Crippen molar-refractivity contribution in [3.05, 3.63) is 0 Å². The van der Waals surface area contributed by atoms with E-state index in [1.807, 2.05) is 18.7 Å². The molecule has 1 fully saturated rings. The first-order chi connectivity index (χ1) is 8.56. The molecule has 3 nitrogen and oxygen atoms in total. The second kappa shape index (κ2) is 7.39. The Morgan fingerprint density at radius 1 is 1.44 bits per heavy atom. The first kappa shape index (κ1) is 15.8. The van der Waals surface area contributed by atoms with Crippen LogP contribution in [-0.4, -0.2) is 35.7 Å². The minimum absolute atomic E-state index is 0.0471. The highest BCUT2D eigenvalue weighted by molar-refractivity contribution is 7.99. The number of carbonyl (C=O) groups excluding carboxylic acids is 1. The summed E-state index contributed by atoms with van der Waals surface area (Å²) in [6.07, 6.45) is 3.34. The Kier molecular flexibility index (Phi) is 6.50. The molecule has 106 valence electrons. The SMILES string of the molecule is CCCNC(CSC(C)C)(C(=O)OCC)C1CC1. The van der Waals surface area contributed by atoms with Crippen molar-refractivity contribution in [3.8, 4) is 0 Å². The van der Waals surface area contributed by atoms with Crippen molar-refractivity contribution in [3.63, 3.8) is 0 Å². The molecule has 0 bridgehead atoms. The monoisotopic (exact) mass is 273 g/mol. The lowest BCUT2D eigenvalue weighted by Gasteiger charge is -2.33. The Morgan fingerprint density at radius 2 is 2.11 bits per heavy atom. The zero-order valence-corrected chi connectivity index (χ0v) is 12.9. The standard InChI is InChI=1S/C14H27NO2S/c1-5-9-15-14(12-7-8-12,10-18-11(3)4)13(16)17-6-2/h11-12,15H,5-10H2,1-4H3. The molecule has 18 heavy (non-hydrogen) atoms. The van der Waals surface area contributed by atoms with Crippen LogP contribution in [0.15, 0.2) is 0 Å². The van der Waals surface area contributed by atoms with Crippen LogP contribution in [0.3, 0.4) is 0 Å². The first-order valence-corrected chi connectivity index (χ1v) is 8.15. The van der Waals surface area contributed by atoms with Crippen LogP contribution < -0.4 is 5.32 Å². The molecule has 1 rings (SSSR count). The van der Waals surface area contributed by atoms with E-state index in [0.717, 1.165) is 31.6 Å². The molecular weight excluding hydrogens is 246 g/mol. The van der Waals surface area contributed by atoms with Crippen molar-refractivity contribution in [2.24, 2.45) is 5.92 Å². The van der Waals surface area contributed by atoms with Crippen LogP contribution in [-0.2, 0) is 9.53 Å². The molecular formula is C14H27NO2S. The summed E-state index contributed by atoms with van der Waals surface area (Å²) in [6.45, 7) is 9.71. The summed E-state index contributed by atoms with van der Waals surface area (Å²) in [6, 6.07) is 0. The maximum atomic E-state index is 12.4. The topological polar surface area (TPSA) is 38.3 Å². The Balaban J connectivity index is 2.75. The number of hydrogen-bond acceptors (Lipinski definition) is 4. The summed E-state index contributed by atoms with van der Waals surface area (Å²) >= 11 is 1.85. The van der Waals surface area contributed by atoms with Crippen LogP contribution >= 0.6 is 11.8 Å². The number of hydrogen-bond donors (Lipinski definition) is 1. The maximum absolute atomic E-state index is 12.4. The number of ether oxygens (including phenoxy) is 1. The van der Waals surface area contributed by atoms with Gasteiger partial charge in [-0.1, -0.05) is 20.8 Å². The fourth-order valence-corrected chi connectivity index (χ4v) is 3.14. The lowest BCUT2D eigenvalue weighted by Crippen LogP contribution is -2.57. The number of thioether (sulfide) groups is 1. The molecule has 0 amide bonds. The average Bonchev–Trinajstić information content (AvgIpc) is 3.14. The Labute approximate surface area is 115 Å². The van der Waals surface area contributed by atoms with Crippen molar-refractivity contribution in [1.82, 2.24) is 5.32 Å². The largest absolute Gasteiger partial charge is 0.465 e. The fourth-order valence-electron chi connectivity index (χ4n) is 2.09. The summed E-state index contributed by atoms with van der Waals surface area (Å²) in [5.41, 5.74) is -0.443. The summed E-state index contributed by atoms with van der Waals surface area (Å²) in [5.74, 6) is 1.25. The van der Waals surface area contributed by atoms with Crippen molar-refractivity contribution in [2.75, 3.05) is 18.9 Å². The van der Waals surface area contributed by atoms with Gasteiger partial charge in [0.25, 0.3) is 0 Å². The van der Waals surface area contributed by atoms with Gasteiger partial charge in [-0.15, -0.1) is 0 Å². The molecule has 0 radical (unpaired) electrons. The van der Waals surface area contributed by atoms with Gasteiger partial charge >= 0.3 is 5.97 Å². The normalized spacial score (nSPS) is 18.7. The lowest BCUT2D eigenvalue weighted by molar-refractivity contribution is -0.151. The van der Waals surface area contributed by atoms with Gasteiger partial charge in [-0.3, -0.25) is 4.79 Å². The lowest BCUT2D eigenvalue weighted by atomic mass is 9.95.